The van der Waals surface area contributed by atoms with Gasteiger partial charge in [0.05, 0.1) is 5.57 Å². The number of aromatic nitrogens is 1. The maximum Gasteiger partial charge on any atom is 0.243 e. The van der Waals surface area contributed by atoms with Gasteiger partial charge in [-0.3, -0.25) is 0 Å². The number of carbonyl (C=O) groups excluding carboxylic acids is 1. The Kier molecular flexibility index (Phi) is 8.40. The number of nitrogens with zero attached hydrogens (tertiary/aromatic N) is 2. The number of fused-ring (bicyclic) bond motifs is 1. The predicted octanol–water partition coefficient (Wildman–Crippen LogP) is 4.88. The molecule has 5 nitrogen and oxygen atoms in total. The summed E-state index contributed by atoms with van der Waals surface area (Å²) in [6, 6.07) is 10.3. The summed E-state index contributed by atoms with van der Waals surface area (Å²) in [6.07, 6.45) is 16.2. The van der Waals surface area contributed by atoms with E-state index in [-0.39, 0.29) is 0 Å². The molecule has 1 aliphatic heterocycles. The molecule has 0 saturated heterocycles. The van der Waals surface area contributed by atoms with E-state index in [2.05, 4.69) is 35.1 Å². The number of hydrogen-bond donors (Lipinski definition) is 1. The van der Waals surface area contributed by atoms with Crippen LogP contribution in [0.5, 0.6) is 0 Å². The molecule has 0 radical (unpaired) electrons. The van der Waals surface area contributed by atoms with Crippen molar-refractivity contribution in [3.63, 3.8) is 0 Å². The Morgan fingerprint density at radius 3 is 2.61 bits per heavy atom. The second-order valence-electron chi connectivity index (χ2n) is 6.07. The number of hydrogen-bond acceptors (Lipinski definition) is 5. The lowest BCUT2D eigenvalue weighted by atomic mass is 10.2. The fourth-order valence-electron chi connectivity index (χ4n) is 2.58. The van der Waals surface area contributed by atoms with Gasteiger partial charge in [-0.1, -0.05) is 60.2 Å². The predicted molar refractivity (Wildman–Crippen MR) is 114 cm³/mol. The summed E-state index contributed by atoms with van der Waals surface area (Å²) in [5.41, 5.74) is 9.76. The van der Waals surface area contributed by atoms with Crippen molar-refractivity contribution in [3.05, 3.63) is 89.6 Å². The molecule has 2 aromatic rings. The number of oxazole rings is 1. The van der Waals surface area contributed by atoms with Crippen LogP contribution in [0, 0.1) is 6.92 Å². The van der Waals surface area contributed by atoms with Gasteiger partial charge in [0, 0.05) is 11.9 Å². The van der Waals surface area contributed by atoms with E-state index in [0.717, 1.165) is 30.5 Å². The second-order valence-corrected chi connectivity index (χ2v) is 6.07. The summed E-state index contributed by atoms with van der Waals surface area (Å²) < 4.78 is 5.74. The summed E-state index contributed by atoms with van der Waals surface area (Å²) in [6.45, 7) is 4.08. The Balaban J connectivity index is 0.000000261. The van der Waals surface area contributed by atoms with Gasteiger partial charge >= 0.3 is 0 Å². The molecule has 5 heteroatoms. The first-order valence-corrected chi connectivity index (χ1v) is 9.06. The van der Waals surface area contributed by atoms with Crippen molar-refractivity contribution in [2.24, 2.45) is 10.7 Å². The van der Waals surface area contributed by atoms with Crippen LogP contribution in [0.15, 0.2) is 81.9 Å². The number of nitrogens with two attached hydrogens (primary N) is 1. The summed E-state index contributed by atoms with van der Waals surface area (Å²) in [7, 11) is 0. The van der Waals surface area contributed by atoms with Crippen LogP contribution in [0.3, 0.4) is 0 Å². The molecule has 144 valence electrons. The number of aliphatic imine (C=N–C) groups is 1. The van der Waals surface area contributed by atoms with E-state index in [1.807, 2.05) is 55.4 Å². The highest BCUT2D eigenvalue weighted by Gasteiger charge is 2.17. The van der Waals surface area contributed by atoms with Crippen molar-refractivity contribution in [2.75, 3.05) is 0 Å². The van der Waals surface area contributed by atoms with Crippen LogP contribution in [-0.2, 0) is 11.2 Å². The first kappa shape index (κ1) is 20.8. The summed E-state index contributed by atoms with van der Waals surface area (Å²) in [5.74, 6) is 1.13. The Labute approximate surface area is 165 Å². The van der Waals surface area contributed by atoms with Crippen molar-refractivity contribution >= 4 is 24.5 Å². The minimum absolute atomic E-state index is 0.546. The van der Waals surface area contributed by atoms with Crippen LogP contribution in [-0.4, -0.2) is 18.0 Å². The zero-order chi connectivity index (χ0) is 20.2. The topological polar surface area (TPSA) is 81.5 Å². The fourth-order valence-corrected chi connectivity index (χ4v) is 2.58. The fraction of sp³-hybridized carbons (Fsp3) is 0.174. The summed E-state index contributed by atoms with van der Waals surface area (Å²) in [5, 5.41) is 0. The van der Waals surface area contributed by atoms with Crippen LogP contribution < -0.4 is 5.73 Å². The van der Waals surface area contributed by atoms with E-state index in [4.69, 9.17) is 14.9 Å². The lowest BCUT2D eigenvalue weighted by Gasteiger charge is -2.00. The molecule has 0 fully saturated rings. The average Bonchev–Trinajstić information content (AvgIpc) is 2.95. The summed E-state index contributed by atoms with van der Waals surface area (Å²) >= 11 is 0. The number of aryl methyl sites for hydroxylation is 2. The minimum Gasteiger partial charge on any atom is -0.418 e. The molecule has 2 aliphatic rings. The molecule has 0 bridgehead atoms. The zero-order valence-corrected chi connectivity index (χ0v) is 16.0. The minimum atomic E-state index is 0.546. The first-order valence-electron chi connectivity index (χ1n) is 9.06. The van der Waals surface area contributed by atoms with Crippen LogP contribution in [0.25, 0.3) is 5.57 Å². The Bertz CT molecular complexity index is 903. The van der Waals surface area contributed by atoms with Crippen molar-refractivity contribution < 1.29 is 9.21 Å². The van der Waals surface area contributed by atoms with Crippen molar-refractivity contribution in [1.29, 1.82) is 0 Å². The molecular formula is C23H25N3O2. The van der Waals surface area contributed by atoms with Gasteiger partial charge in [0.25, 0.3) is 0 Å². The van der Waals surface area contributed by atoms with Gasteiger partial charge in [0.1, 0.15) is 12.5 Å². The highest BCUT2D eigenvalue weighted by atomic mass is 16.4. The van der Waals surface area contributed by atoms with Crippen LogP contribution in [0.2, 0.25) is 0 Å². The molecule has 4 rings (SSSR count). The monoisotopic (exact) mass is 375 g/mol. The Morgan fingerprint density at radius 1 is 1.11 bits per heavy atom. The van der Waals surface area contributed by atoms with Crippen molar-refractivity contribution in [3.8, 4) is 0 Å². The molecule has 1 aliphatic carbocycles. The van der Waals surface area contributed by atoms with E-state index in [0.29, 0.717) is 17.5 Å². The molecule has 1 aromatic heterocycles. The smallest absolute Gasteiger partial charge is 0.243 e. The molecule has 2 N–H and O–H groups in total. The van der Waals surface area contributed by atoms with Crippen molar-refractivity contribution in [2.45, 2.75) is 26.2 Å². The number of allylic oxidation sites excluding steroid dienone is 7. The van der Waals surface area contributed by atoms with Gasteiger partial charge in [-0.25, -0.2) is 9.98 Å². The van der Waals surface area contributed by atoms with E-state index >= 15 is 0 Å². The lowest BCUT2D eigenvalue weighted by molar-refractivity contribution is -0.0979. The van der Waals surface area contributed by atoms with Gasteiger partial charge in [-0.15, -0.1) is 0 Å². The van der Waals surface area contributed by atoms with E-state index < -0.39 is 0 Å². The average molecular weight is 375 g/mol. The SMILES string of the molecule is C=O.Cc1ccccc1.NC1=CCC=CC=C1c1nc2c(o1)/N=C\C=C/CC2. The molecule has 0 atom stereocenters. The highest BCUT2D eigenvalue weighted by Crippen LogP contribution is 2.29. The number of benzene rings is 1. The summed E-state index contributed by atoms with van der Waals surface area (Å²) in [4.78, 5) is 16.8. The quantitative estimate of drug-likeness (QED) is 0.770. The third-order valence-electron chi connectivity index (χ3n) is 3.99. The van der Waals surface area contributed by atoms with Gasteiger partial charge in [-0.2, -0.15) is 0 Å². The zero-order valence-electron chi connectivity index (χ0n) is 16.0. The molecule has 1 aromatic carbocycles. The number of rotatable bonds is 1. The Hall–Kier alpha value is -3.47. The van der Waals surface area contributed by atoms with Gasteiger partial charge in [-0.05, 0) is 38.3 Å². The molecule has 0 amide bonds. The lowest BCUT2D eigenvalue weighted by Crippen LogP contribution is -2.00. The molecule has 0 spiro atoms. The second kappa shape index (κ2) is 11.3. The number of carbonyl (C=O) groups is 1. The van der Waals surface area contributed by atoms with Crippen LogP contribution >= 0.6 is 0 Å². The van der Waals surface area contributed by atoms with Gasteiger partial charge < -0.3 is 14.9 Å². The molecular weight excluding hydrogens is 350 g/mol. The van der Waals surface area contributed by atoms with Crippen molar-refractivity contribution in [1.82, 2.24) is 4.98 Å². The first-order chi connectivity index (χ1) is 13.7. The third-order valence-corrected chi connectivity index (χ3v) is 3.99. The van der Waals surface area contributed by atoms with Crippen LogP contribution in [0.1, 0.15) is 30.0 Å². The third kappa shape index (κ3) is 6.06. The van der Waals surface area contributed by atoms with Gasteiger partial charge in [0.15, 0.2) is 0 Å². The maximum absolute atomic E-state index is 8.00. The standard InChI is InChI=1S/C15H15N3O.C7H8.CH2O/c16-12-8-4-1-3-7-11(12)14-18-13-9-5-2-6-10-17-15(13)19-14;1-7-5-3-2-4-6-7;1-2/h1-3,6-8,10H,4-5,9,16H2;2-6H,1H3;1H2/b6-2-,17-10-;;. The molecule has 2 heterocycles. The van der Waals surface area contributed by atoms with E-state index in [1.165, 1.54) is 5.56 Å². The molecule has 0 unspecified atom stereocenters. The maximum atomic E-state index is 8.00. The molecule has 0 saturated carbocycles. The largest absolute Gasteiger partial charge is 0.418 e. The van der Waals surface area contributed by atoms with Gasteiger partial charge in [0.2, 0.25) is 11.8 Å². The Morgan fingerprint density at radius 2 is 1.89 bits per heavy atom. The van der Waals surface area contributed by atoms with E-state index in [9.17, 15) is 0 Å². The molecule has 28 heavy (non-hydrogen) atoms. The normalized spacial score (nSPS) is 16.9. The highest BCUT2D eigenvalue weighted by molar-refractivity contribution is 5.77. The van der Waals surface area contributed by atoms with Crippen LogP contribution in [0.4, 0.5) is 5.88 Å². The van der Waals surface area contributed by atoms with E-state index in [1.54, 1.807) is 6.21 Å².